The van der Waals surface area contributed by atoms with Crippen LogP contribution in [0.2, 0.25) is 0 Å². The van der Waals surface area contributed by atoms with E-state index in [1.165, 1.54) is 9.80 Å². The minimum absolute atomic E-state index is 0.0684. The van der Waals surface area contributed by atoms with E-state index >= 15 is 0 Å². The Balaban J connectivity index is 1.11. The van der Waals surface area contributed by atoms with Gasteiger partial charge in [-0.15, -0.1) is 0 Å². The van der Waals surface area contributed by atoms with Crippen LogP contribution in [0.5, 0.6) is 5.75 Å². The van der Waals surface area contributed by atoms with E-state index in [1.807, 2.05) is 19.1 Å². The molecule has 2 amide bonds. The molecule has 0 saturated carbocycles. The second-order valence-corrected chi connectivity index (χ2v) is 17.7. The van der Waals surface area contributed by atoms with E-state index in [-0.39, 0.29) is 37.4 Å². The van der Waals surface area contributed by atoms with Gasteiger partial charge in [0.15, 0.2) is 18.2 Å². The first kappa shape index (κ1) is 41.8. The number of aldehydes is 1. The SMILES string of the molecule is COC[C@@H]1CN(C(=O)OC(C)(C)C)[C@@](C=O)(COC2CCc3cc4c(cc3C2=O)OCc2cc(C(=O)COC(=O)[C@@H]3C[C@H](C)CN3C(=O)OC(C)(C)C)ccc2-4)C1. The fourth-order valence-electron chi connectivity index (χ4n) is 8.12. The van der Waals surface area contributed by atoms with E-state index in [0.29, 0.717) is 55.7 Å². The number of ketones is 2. The number of nitrogens with zero attached hydrogens (tertiary/aromatic N) is 2. The van der Waals surface area contributed by atoms with Gasteiger partial charge in [-0.2, -0.15) is 0 Å². The Morgan fingerprint density at radius 1 is 0.930 bits per heavy atom. The first-order valence-electron chi connectivity index (χ1n) is 19.6. The number of rotatable bonds is 10. The Hall–Kier alpha value is -4.82. The van der Waals surface area contributed by atoms with Crippen molar-refractivity contribution in [2.75, 3.05) is 40.0 Å². The first-order chi connectivity index (χ1) is 26.8. The van der Waals surface area contributed by atoms with Crippen molar-refractivity contribution in [3.05, 3.63) is 52.6 Å². The molecule has 3 aliphatic heterocycles. The van der Waals surface area contributed by atoms with Gasteiger partial charge in [0.25, 0.3) is 0 Å². The van der Waals surface area contributed by atoms with Crippen LogP contribution < -0.4 is 4.74 Å². The summed E-state index contributed by atoms with van der Waals surface area (Å²) in [5, 5.41) is 0. The largest absolute Gasteiger partial charge is 0.488 e. The van der Waals surface area contributed by atoms with Gasteiger partial charge in [-0.3, -0.25) is 19.4 Å². The van der Waals surface area contributed by atoms with Crippen LogP contribution in [-0.4, -0.2) is 115 Å². The lowest BCUT2D eigenvalue weighted by Gasteiger charge is -2.36. The molecule has 57 heavy (non-hydrogen) atoms. The molecule has 2 aromatic carbocycles. The third-order valence-corrected chi connectivity index (χ3v) is 10.7. The van der Waals surface area contributed by atoms with E-state index in [9.17, 15) is 28.8 Å². The highest BCUT2D eigenvalue weighted by Gasteiger charge is 2.51. The van der Waals surface area contributed by atoms with Gasteiger partial charge in [-0.1, -0.05) is 19.1 Å². The number of aryl methyl sites for hydroxylation is 1. The second kappa shape index (κ2) is 16.2. The molecule has 1 unspecified atom stereocenters. The molecule has 0 spiro atoms. The van der Waals surface area contributed by atoms with Gasteiger partial charge in [0.05, 0.1) is 13.2 Å². The first-order valence-corrected chi connectivity index (χ1v) is 19.6. The fourth-order valence-corrected chi connectivity index (χ4v) is 8.12. The van der Waals surface area contributed by atoms with Crippen molar-refractivity contribution in [1.82, 2.24) is 9.80 Å². The molecule has 0 bridgehead atoms. The number of Topliss-reactive ketones (excluding diaryl/α,β-unsaturated/α-hetero) is 2. The minimum atomic E-state index is -1.31. The lowest BCUT2D eigenvalue weighted by molar-refractivity contribution is -0.147. The number of amides is 2. The summed E-state index contributed by atoms with van der Waals surface area (Å²) in [4.78, 5) is 81.6. The summed E-state index contributed by atoms with van der Waals surface area (Å²) in [5.74, 6) is -0.809. The summed E-state index contributed by atoms with van der Waals surface area (Å²) < 4.78 is 34.2. The van der Waals surface area contributed by atoms with Crippen LogP contribution in [-0.2, 0) is 46.3 Å². The van der Waals surface area contributed by atoms with Crippen LogP contribution in [0, 0.1) is 11.8 Å². The fraction of sp³-hybridized carbons (Fsp3) is 0.581. The highest BCUT2D eigenvalue weighted by Crippen LogP contribution is 2.42. The van der Waals surface area contributed by atoms with Crippen molar-refractivity contribution < 1.29 is 57.2 Å². The molecule has 2 aromatic rings. The molecule has 308 valence electrons. The van der Waals surface area contributed by atoms with Crippen molar-refractivity contribution in [3.8, 4) is 16.9 Å². The highest BCUT2D eigenvalue weighted by atomic mass is 16.6. The van der Waals surface area contributed by atoms with Gasteiger partial charge in [0, 0.05) is 42.8 Å². The Bertz CT molecular complexity index is 1930. The molecule has 2 saturated heterocycles. The summed E-state index contributed by atoms with van der Waals surface area (Å²) in [6.07, 6.45) is 0.309. The zero-order valence-corrected chi connectivity index (χ0v) is 34.1. The van der Waals surface area contributed by atoms with Crippen molar-refractivity contribution >= 4 is 36.0 Å². The number of carbonyl (C=O) groups is 6. The Morgan fingerprint density at radius 2 is 1.65 bits per heavy atom. The third kappa shape index (κ3) is 9.17. The van der Waals surface area contributed by atoms with Gasteiger partial charge in [-0.05, 0) is 108 Å². The average molecular weight is 791 g/mol. The average Bonchev–Trinajstić information content (AvgIpc) is 3.72. The number of benzene rings is 2. The van der Waals surface area contributed by atoms with E-state index in [4.69, 9.17) is 28.4 Å². The molecule has 1 aliphatic carbocycles. The summed E-state index contributed by atoms with van der Waals surface area (Å²) in [5.41, 5.74) is 1.25. The normalized spacial score (nSPS) is 24.2. The van der Waals surface area contributed by atoms with Crippen LogP contribution in [0.25, 0.3) is 11.1 Å². The molecule has 3 heterocycles. The molecule has 14 nitrogen and oxygen atoms in total. The molecule has 5 atom stereocenters. The number of fused-ring (bicyclic) bond motifs is 4. The van der Waals surface area contributed by atoms with Gasteiger partial charge in [0.2, 0.25) is 0 Å². The number of esters is 1. The number of methoxy groups -OCH3 is 1. The molecule has 2 fully saturated rings. The van der Waals surface area contributed by atoms with Crippen LogP contribution in [0.4, 0.5) is 9.59 Å². The van der Waals surface area contributed by atoms with Crippen LogP contribution in [0.15, 0.2) is 30.3 Å². The maximum Gasteiger partial charge on any atom is 0.411 e. The Labute approximate surface area is 333 Å². The van der Waals surface area contributed by atoms with Gasteiger partial charge in [-0.25, -0.2) is 14.4 Å². The maximum atomic E-state index is 13.9. The quantitative estimate of drug-likeness (QED) is 0.120. The van der Waals surface area contributed by atoms with E-state index < -0.39 is 59.4 Å². The van der Waals surface area contributed by atoms with Gasteiger partial charge < -0.3 is 33.2 Å². The monoisotopic (exact) mass is 790 g/mol. The smallest absolute Gasteiger partial charge is 0.411 e. The van der Waals surface area contributed by atoms with Crippen molar-refractivity contribution in [3.63, 3.8) is 0 Å². The summed E-state index contributed by atoms with van der Waals surface area (Å²) in [7, 11) is 1.57. The van der Waals surface area contributed by atoms with Gasteiger partial charge >= 0.3 is 18.2 Å². The van der Waals surface area contributed by atoms with E-state index in [1.54, 1.807) is 66.9 Å². The third-order valence-electron chi connectivity index (χ3n) is 10.7. The van der Waals surface area contributed by atoms with Crippen LogP contribution in [0.1, 0.15) is 99.6 Å². The zero-order chi connectivity index (χ0) is 41.4. The minimum Gasteiger partial charge on any atom is -0.488 e. The number of carbonyl (C=O) groups excluding carboxylic acids is 6. The van der Waals surface area contributed by atoms with Crippen LogP contribution >= 0.6 is 0 Å². The number of likely N-dealkylation sites (tertiary alicyclic amines) is 2. The lowest BCUT2D eigenvalue weighted by atomic mass is 9.84. The predicted octanol–water partition coefficient (Wildman–Crippen LogP) is 5.97. The standard InChI is InChI=1S/C43H54N2O12/c1-25-13-33(44(18-25)39(50)56-41(2,3)4)38(49)54-22-34(47)28-9-11-30-29(14-28)21-53-36-16-31-27(15-32(30)36)10-12-35(37(31)48)55-24-43(23-46)17-26(20-52-8)19-45(43)40(51)57-42(5,6)7/h9,11,14-16,23,25-26,33,35H,10,12-13,17-22,24H2,1-8H3/t25-,26-,33-,35?,43-/m0/s1. The second-order valence-electron chi connectivity index (χ2n) is 17.7. The number of hydrogen-bond acceptors (Lipinski definition) is 12. The molecule has 14 heteroatoms. The van der Waals surface area contributed by atoms with E-state index in [2.05, 4.69) is 0 Å². The molecule has 0 radical (unpaired) electrons. The topological polar surface area (TPSA) is 164 Å². The summed E-state index contributed by atoms with van der Waals surface area (Å²) in [6, 6.07) is 8.04. The lowest BCUT2D eigenvalue weighted by Crippen LogP contribution is -2.54. The van der Waals surface area contributed by atoms with E-state index in [0.717, 1.165) is 28.5 Å². The Morgan fingerprint density at radius 3 is 2.33 bits per heavy atom. The van der Waals surface area contributed by atoms with Crippen LogP contribution in [0.3, 0.4) is 0 Å². The zero-order valence-electron chi connectivity index (χ0n) is 34.1. The number of hydrogen-bond donors (Lipinski definition) is 0. The van der Waals surface area contributed by atoms with Crippen molar-refractivity contribution in [2.24, 2.45) is 11.8 Å². The molecular formula is C43H54N2O12. The molecule has 0 aromatic heterocycles. The Kier molecular flexibility index (Phi) is 11.9. The van der Waals surface area contributed by atoms with Crippen molar-refractivity contribution in [2.45, 2.75) is 110 Å². The number of ether oxygens (including phenoxy) is 6. The maximum absolute atomic E-state index is 13.9. The van der Waals surface area contributed by atoms with Crippen molar-refractivity contribution in [1.29, 1.82) is 0 Å². The molecule has 0 N–H and O–H groups in total. The predicted molar refractivity (Wildman–Crippen MR) is 206 cm³/mol. The molecule has 4 aliphatic rings. The molecule has 6 rings (SSSR count). The highest BCUT2D eigenvalue weighted by molar-refractivity contribution is 6.03. The summed E-state index contributed by atoms with van der Waals surface area (Å²) >= 11 is 0. The summed E-state index contributed by atoms with van der Waals surface area (Å²) in [6.45, 7) is 12.9. The van der Waals surface area contributed by atoms with Gasteiger partial charge in [0.1, 0.15) is 47.5 Å². The molecular weight excluding hydrogens is 736 g/mol.